The number of halogens is 2. The van der Waals surface area contributed by atoms with Gasteiger partial charge in [0, 0.05) is 0 Å². The van der Waals surface area contributed by atoms with E-state index in [9.17, 15) is 14.3 Å². The zero-order chi connectivity index (χ0) is 15.2. The van der Waals surface area contributed by atoms with Gasteiger partial charge in [-0.3, -0.25) is 4.79 Å². The van der Waals surface area contributed by atoms with Crippen LogP contribution >= 0.6 is 11.6 Å². The number of rotatable bonds is 5. The Morgan fingerprint density at radius 1 is 1.19 bits per heavy atom. The van der Waals surface area contributed by atoms with Gasteiger partial charge in [0.2, 0.25) is 0 Å². The topological polar surface area (TPSA) is 49.3 Å². The van der Waals surface area contributed by atoms with Gasteiger partial charge in [0.15, 0.2) is 0 Å². The first-order valence-corrected chi connectivity index (χ1v) is 6.89. The van der Waals surface area contributed by atoms with Crippen LogP contribution in [0.1, 0.15) is 15.9 Å². The summed E-state index contributed by atoms with van der Waals surface area (Å²) in [6.45, 7) is -0.215. The number of benzene rings is 2. The zero-order valence-electron chi connectivity index (χ0n) is 11.2. The summed E-state index contributed by atoms with van der Waals surface area (Å²) in [5.74, 6) is -1.15. The van der Waals surface area contributed by atoms with Crippen LogP contribution in [0.15, 0.2) is 48.5 Å². The summed E-state index contributed by atoms with van der Waals surface area (Å²) >= 11 is 5.78. The minimum Gasteiger partial charge on any atom is -0.394 e. The van der Waals surface area contributed by atoms with Crippen LogP contribution in [0, 0.1) is 5.82 Å². The summed E-state index contributed by atoms with van der Waals surface area (Å²) in [5, 5.41) is 11.8. The fourth-order valence-corrected chi connectivity index (χ4v) is 2.21. The summed E-state index contributed by atoms with van der Waals surface area (Å²) in [7, 11) is 0. The molecule has 0 fully saturated rings. The number of aliphatic hydroxyl groups excluding tert-OH is 1. The summed E-state index contributed by atoms with van der Waals surface area (Å²) < 4.78 is 13.3. The van der Waals surface area contributed by atoms with Crippen LogP contribution in [-0.2, 0) is 6.42 Å². The SMILES string of the molecule is O=C(N[C@H](CO)Cc1ccccc1)c1cccc(F)c1Cl. The van der Waals surface area contributed by atoms with E-state index in [1.165, 1.54) is 18.2 Å². The van der Waals surface area contributed by atoms with E-state index in [1.54, 1.807) is 0 Å². The van der Waals surface area contributed by atoms with E-state index in [-0.39, 0.29) is 17.2 Å². The van der Waals surface area contributed by atoms with Crippen LogP contribution in [0.25, 0.3) is 0 Å². The highest BCUT2D eigenvalue weighted by atomic mass is 35.5. The van der Waals surface area contributed by atoms with Crippen molar-refractivity contribution in [2.45, 2.75) is 12.5 Å². The van der Waals surface area contributed by atoms with Gasteiger partial charge < -0.3 is 10.4 Å². The summed E-state index contributed by atoms with van der Waals surface area (Å²) in [4.78, 5) is 12.1. The molecule has 21 heavy (non-hydrogen) atoms. The molecule has 0 unspecified atom stereocenters. The highest BCUT2D eigenvalue weighted by Gasteiger charge is 2.17. The Balaban J connectivity index is 2.08. The molecule has 0 aliphatic carbocycles. The van der Waals surface area contributed by atoms with Gasteiger partial charge in [-0.1, -0.05) is 48.0 Å². The number of carbonyl (C=O) groups excluding carboxylic acids is 1. The standard InChI is InChI=1S/C16H15ClFNO2/c17-15-13(7-4-8-14(15)18)16(21)19-12(10-20)9-11-5-2-1-3-6-11/h1-8,12,20H,9-10H2,(H,19,21)/t12-/m0/s1. The molecule has 2 N–H and O–H groups in total. The van der Waals surface area contributed by atoms with Crippen molar-refractivity contribution in [2.75, 3.05) is 6.61 Å². The average Bonchev–Trinajstić information content (AvgIpc) is 2.50. The van der Waals surface area contributed by atoms with Crippen molar-refractivity contribution in [3.63, 3.8) is 0 Å². The van der Waals surface area contributed by atoms with Gasteiger partial charge in [-0.25, -0.2) is 4.39 Å². The van der Waals surface area contributed by atoms with Crippen molar-refractivity contribution < 1.29 is 14.3 Å². The second-order valence-corrected chi connectivity index (χ2v) is 5.02. The largest absolute Gasteiger partial charge is 0.394 e. The second-order valence-electron chi connectivity index (χ2n) is 4.64. The maximum absolute atomic E-state index is 13.3. The smallest absolute Gasteiger partial charge is 0.253 e. The zero-order valence-corrected chi connectivity index (χ0v) is 12.0. The van der Waals surface area contributed by atoms with Gasteiger partial charge in [0.05, 0.1) is 23.2 Å². The van der Waals surface area contributed by atoms with Crippen LogP contribution in [0.5, 0.6) is 0 Å². The van der Waals surface area contributed by atoms with E-state index in [4.69, 9.17) is 11.6 Å². The Hall–Kier alpha value is -1.91. The maximum Gasteiger partial charge on any atom is 0.253 e. The molecule has 0 heterocycles. The highest BCUT2D eigenvalue weighted by molar-refractivity contribution is 6.34. The van der Waals surface area contributed by atoms with Gasteiger partial charge in [0.1, 0.15) is 5.82 Å². The fraction of sp³-hybridized carbons (Fsp3) is 0.188. The third-order valence-corrected chi connectivity index (χ3v) is 3.46. The molecule has 0 bridgehead atoms. The molecule has 1 atom stereocenters. The molecule has 2 aromatic carbocycles. The van der Waals surface area contributed by atoms with Crippen LogP contribution in [0.3, 0.4) is 0 Å². The number of hydrogen-bond donors (Lipinski definition) is 2. The second kappa shape index (κ2) is 7.20. The van der Waals surface area contributed by atoms with Crippen molar-refractivity contribution in [1.82, 2.24) is 5.32 Å². The predicted molar refractivity (Wildman–Crippen MR) is 79.9 cm³/mol. The van der Waals surface area contributed by atoms with Gasteiger partial charge in [-0.15, -0.1) is 0 Å². The third-order valence-electron chi connectivity index (χ3n) is 3.08. The van der Waals surface area contributed by atoms with E-state index < -0.39 is 17.8 Å². The quantitative estimate of drug-likeness (QED) is 0.892. The molecule has 2 rings (SSSR count). The van der Waals surface area contributed by atoms with Crippen LogP contribution in [0.2, 0.25) is 5.02 Å². The van der Waals surface area contributed by atoms with Crippen molar-refractivity contribution in [3.8, 4) is 0 Å². The Kier molecular flexibility index (Phi) is 5.31. The maximum atomic E-state index is 13.3. The molecule has 0 saturated carbocycles. The lowest BCUT2D eigenvalue weighted by molar-refractivity contribution is 0.0916. The monoisotopic (exact) mass is 307 g/mol. The molecule has 0 saturated heterocycles. The normalized spacial score (nSPS) is 12.0. The van der Waals surface area contributed by atoms with Crippen molar-refractivity contribution in [3.05, 3.63) is 70.5 Å². The first-order chi connectivity index (χ1) is 10.1. The average molecular weight is 308 g/mol. The van der Waals surface area contributed by atoms with E-state index >= 15 is 0 Å². The molecule has 0 aliphatic rings. The Morgan fingerprint density at radius 3 is 2.57 bits per heavy atom. The van der Waals surface area contributed by atoms with E-state index in [0.717, 1.165) is 5.56 Å². The highest BCUT2D eigenvalue weighted by Crippen LogP contribution is 2.19. The van der Waals surface area contributed by atoms with Crippen LogP contribution < -0.4 is 5.32 Å². The predicted octanol–water partition coefficient (Wildman–Crippen LogP) is 2.81. The molecular formula is C16H15ClFNO2. The molecular weight excluding hydrogens is 293 g/mol. The van der Waals surface area contributed by atoms with Gasteiger partial charge in [-0.2, -0.15) is 0 Å². The molecule has 110 valence electrons. The fourth-order valence-electron chi connectivity index (χ4n) is 2.00. The van der Waals surface area contributed by atoms with E-state index in [0.29, 0.717) is 6.42 Å². The molecule has 0 aliphatic heterocycles. The van der Waals surface area contributed by atoms with Crippen molar-refractivity contribution >= 4 is 17.5 Å². The molecule has 3 nitrogen and oxygen atoms in total. The van der Waals surface area contributed by atoms with Gasteiger partial charge >= 0.3 is 0 Å². The minimum atomic E-state index is -0.645. The Labute approximate surface area is 127 Å². The van der Waals surface area contributed by atoms with Crippen LogP contribution in [-0.4, -0.2) is 23.7 Å². The first-order valence-electron chi connectivity index (χ1n) is 6.51. The summed E-state index contributed by atoms with van der Waals surface area (Å²) in [5.41, 5.74) is 1.05. The molecule has 0 spiro atoms. The summed E-state index contributed by atoms with van der Waals surface area (Å²) in [6, 6.07) is 13.1. The van der Waals surface area contributed by atoms with Crippen molar-refractivity contribution in [1.29, 1.82) is 0 Å². The van der Waals surface area contributed by atoms with E-state index in [2.05, 4.69) is 5.32 Å². The first kappa shape index (κ1) is 15.5. The van der Waals surface area contributed by atoms with Crippen LogP contribution in [0.4, 0.5) is 4.39 Å². The Bertz CT molecular complexity index is 619. The number of hydrogen-bond acceptors (Lipinski definition) is 2. The molecule has 0 radical (unpaired) electrons. The lowest BCUT2D eigenvalue weighted by Gasteiger charge is -2.17. The number of amides is 1. The van der Waals surface area contributed by atoms with E-state index in [1.807, 2.05) is 30.3 Å². The molecule has 5 heteroatoms. The molecule has 2 aromatic rings. The number of aliphatic hydroxyl groups is 1. The van der Waals surface area contributed by atoms with Crippen molar-refractivity contribution in [2.24, 2.45) is 0 Å². The number of nitrogens with one attached hydrogen (secondary N) is 1. The molecule has 1 amide bonds. The van der Waals surface area contributed by atoms with Gasteiger partial charge in [-0.05, 0) is 24.1 Å². The molecule has 0 aromatic heterocycles. The third kappa shape index (κ3) is 4.03. The lowest BCUT2D eigenvalue weighted by Crippen LogP contribution is -2.39. The number of carbonyl (C=O) groups is 1. The minimum absolute atomic E-state index is 0.0585. The summed E-state index contributed by atoms with van der Waals surface area (Å²) in [6.07, 6.45) is 0.482. The Morgan fingerprint density at radius 2 is 1.90 bits per heavy atom. The van der Waals surface area contributed by atoms with Gasteiger partial charge in [0.25, 0.3) is 5.91 Å². The lowest BCUT2D eigenvalue weighted by atomic mass is 10.1.